The van der Waals surface area contributed by atoms with Gasteiger partial charge in [0.25, 0.3) is 5.91 Å². The monoisotopic (exact) mass is 252 g/mol. The fourth-order valence-corrected chi connectivity index (χ4v) is 1.54. The van der Waals surface area contributed by atoms with Gasteiger partial charge in [0.2, 0.25) is 0 Å². The van der Waals surface area contributed by atoms with Crippen molar-refractivity contribution in [3.8, 4) is 0 Å². The van der Waals surface area contributed by atoms with Crippen molar-refractivity contribution in [2.75, 3.05) is 0 Å². The Morgan fingerprint density at radius 2 is 1.74 bits per heavy atom. The van der Waals surface area contributed by atoms with Gasteiger partial charge in [0.05, 0.1) is 5.69 Å². The average molecular weight is 252 g/mol. The first-order valence-electron chi connectivity index (χ1n) is 5.71. The molecule has 0 aliphatic rings. The molecule has 4 nitrogen and oxygen atoms in total. The summed E-state index contributed by atoms with van der Waals surface area (Å²) in [6.07, 6.45) is 2.98. The van der Waals surface area contributed by atoms with E-state index in [1.165, 1.54) is 12.1 Å². The fourth-order valence-electron chi connectivity index (χ4n) is 1.54. The van der Waals surface area contributed by atoms with Crippen molar-refractivity contribution < 1.29 is 9.59 Å². The number of aromatic nitrogens is 1. The Morgan fingerprint density at radius 1 is 1.00 bits per heavy atom. The third-order valence-electron chi connectivity index (χ3n) is 2.49. The van der Waals surface area contributed by atoms with Gasteiger partial charge >= 0.3 is 0 Å². The molecule has 0 aliphatic carbocycles. The van der Waals surface area contributed by atoms with Gasteiger partial charge in [-0.1, -0.05) is 36.4 Å². The third kappa shape index (κ3) is 3.35. The highest BCUT2D eigenvalue weighted by atomic mass is 16.1. The highest BCUT2D eigenvalue weighted by molar-refractivity contribution is 6.06. The number of ketones is 1. The Labute approximate surface area is 110 Å². The number of carbonyl (C=O) groups excluding carboxylic acids is 2. The van der Waals surface area contributed by atoms with Gasteiger partial charge in [-0.15, -0.1) is 0 Å². The third-order valence-corrected chi connectivity index (χ3v) is 2.49. The predicted octanol–water partition coefficient (Wildman–Crippen LogP) is 2.08. The molecule has 0 saturated carbocycles. The summed E-state index contributed by atoms with van der Waals surface area (Å²) in [5.41, 5.74) is 6.43. The summed E-state index contributed by atoms with van der Waals surface area (Å²) in [4.78, 5) is 26.8. The number of rotatable bonds is 4. The summed E-state index contributed by atoms with van der Waals surface area (Å²) in [7, 11) is 0. The second-order valence-electron chi connectivity index (χ2n) is 3.88. The topological polar surface area (TPSA) is 73.1 Å². The molecule has 1 aromatic heterocycles. The minimum atomic E-state index is -0.593. The zero-order valence-corrected chi connectivity index (χ0v) is 10.1. The maximum absolute atomic E-state index is 11.8. The Hall–Kier alpha value is -2.75. The number of pyridine rings is 1. The molecule has 2 aromatic rings. The van der Waals surface area contributed by atoms with Gasteiger partial charge in [-0.05, 0) is 24.3 Å². The highest BCUT2D eigenvalue weighted by Gasteiger charge is 2.02. The van der Waals surface area contributed by atoms with E-state index in [9.17, 15) is 9.59 Å². The molecule has 1 amide bonds. The molecule has 0 radical (unpaired) electrons. The fraction of sp³-hybridized carbons (Fsp3) is 0. The summed E-state index contributed by atoms with van der Waals surface area (Å²) in [6, 6.07) is 13.8. The highest BCUT2D eigenvalue weighted by Crippen LogP contribution is 2.05. The molecule has 0 unspecified atom stereocenters. The molecule has 2 N–H and O–H groups in total. The van der Waals surface area contributed by atoms with E-state index in [2.05, 4.69) is 4.98 Å². The van der Waals surface area contributed by atoms with Gasteiger partial charge in [-0.25, -0.2) is 4.98 Å². The number of hydrogen-bond acceptors (Lipinski definition) is 3. The molecule has 0 saturated heterocycles. The van der Waals surface area contributed by atoms with Crippen molar-refractivity contribution in [1.29, 1.82) is 0 Å². The smallest absolute Gasteiger partial charge is 0.267 e. The van der Waals surface area contributed by atoms with Crippen LogP contribution in [0.2, 0.25) is 0 Å². The van der Waals surface area contributed by atoms with Gasteiger partial charge in [0.15, 0.2) is 5.78 Å². The van der Waals surface area contributed by atoms with E-state index < -0.39 is 5.91 Å². The van der Waals surface area contributed by atoms with Crippen molar-refractivity contribution in [2.45, 2.75) is 0 Å². The van der Waals surface area contributed by atoms with Crippen molar-refractivity contribution in [1.82, 2.24) is 4.98 Å². The van der Waals surface area contributed by atoms with Crippen LogP contribution in [0.4, 0.5) is 0 Å². The summed E-state index contributed by atoms with van der Waals surface area (Å²) in [5, 5.41) is 0. The maximum Gasteiger partial charge on any atom is 0.267 e. The summed E-state index contributed by atoms with van der Waals surface area (Å²) in [6.45, 7) is 0. The van der Waals surface area contributed by atoms with E-state index in [0.717, 1.165) is 0 Å². The first kappa shape index (κ1) is 12.7. The normalized spacial score (nSPS) is 10.5. The van der Waals surface area contributed by atoms with Crippen LogP contribution in [0.3, 0.4) is 0 Å². The van der Waals surface area contributed by atoms with Gasteiger partial charge < -0.3 is 5.73 Å². The van der Waals surface area contributed by atoms with Crippen LogP contribution in [0.15, 0.2) is 54.6 Å². The van der Waals surface area contributed by atoms with Gasteiger partial charge in [-0.3, -0.25) is 9.59 Å². The second-order valence-corrected chi connectivity index (χ2v) is 3.88. The zero-order chi connectivity index (χ0) is 13.7. The SMILES string of the molecule is NC(=O)c1cccc(/C=C/C(=O)c2ccccc2)n1. The van der Waals surface area contributed by atoms with Crippen molar-refractivity contribution >= 4 is 17.8 Å². The van der Waals surface area contributed by atoms with E-state index in [-0.39, 0.29) is 11.5 Å². The van der Waals surface area contributed by atoms with Crippen molar-refractivity contribution in [3.63, 3.8) is 0 Å². The molecule has 0 spiro atoms. The standard InChI is InChI=1S/C15H12N2O2/c16-15(19)13-8-4-7-12(17-13)9-10-14(18)11-5-2-1-3-6-11/h1-10H,(H2,16,19)/b10-9+. The van der Waals surface area contributed by atoms with Crippen LogP contribution in [0.1, 0.15) is 26.5 Å². The molecule has 0 aliphatic heterocycles. The molecule has 0 atom stereocenters. The number of primary amides is 1. The van der Waals surface area contributed by atoms with Gasteiger partial charge in [-0.2, -0.15) is 0 Å². The van der Waals surface area contributed by atoms with Crippen LogP contribution in [-0.4, -0.2) is 16.7 Å². The second kappa shape index (κ2) is 5.73. The van der Waals surface area contributed by atoms with E-state index in [1.54, 1.807) is 42.5 Å². The number of nitrogens with two attached hydrogens (primary N) is 1. The number of hydrogen-bond donors (Lipinski definition) is 1. The minimum absolute atomic E-state index is 0.119. The minimum Gasteiger partial charge on any atom is -0.364 e. The first-order valence-corrected chi connectivity index (χ1v) is 5.71. The van der Waals surface area contributed by atoms with Crippen molar-refractivity contribution in [3.05, 3.63) is 71.6 Å². The Morgan fingerprint density at radius 3 is 2.42 bits per heavy atom. The molecule has 1 heterocycles. The van der Waals surface area contributed by atoms with Crippen LogP contribution in [0, 0.1) is 0 Å². The van der Waals surface area contributed by atoms with E-state index in [4.69, 9.17) is 5.73 Å². The number of benzene rings is 1. The van der Waals surface area contributed by atoms with Gasteiger partial charge in [0, 0.05) is 5.56 Å². The van der Waals surface area contributed by atoms with Crippen LogP contribution < -0.4 is 5.73 Å². The molecular formula is C15H12N2O2. The van der Waals surface area contributed by atoms with Crippen LogP contribution in [0.5, 0.6) is 0 Å². The molecule has 19 heavy (non-hydrogen) atoms. The lowest BCUT2D eigenvalue weighted by molar-refractivity contribution is 0.0994. The quantitative estimate of drug-likeness (QED) is 0.668. The summed E-state index contributed by atoms with van der Waals surface area (Å²) >= 11 is 0. The Kier molecular flexibility index (Phi) is 3.83. The molecular weight excluding hydrogens is 240 g/mol. The van der Waals surface area contributed by atoms with Crippen LogP contribution in [0.25, 0.3) is 6.08 Å². The molecule has 0 bridgehead atoms. The Bertz CT molecular complexity index is 634. The van der Waals surface area contributed by atoms with Gasteiger partial charge in [0.1, 0.15) is 5.69 Å². The van der Waals surface area contributed by atoms with Crippen LogP contribution >= 0.6 is 0 Å². The van der Waals surface area contributed by atoms with E-state index >= 15 is 0 Å². The molecule has 94 valence electrons. The lowest BCUT2D eigenvalue weighted by Gasteiger charge is -1.97. The predicted molar refractivity (Wildman–Crippen MR) is 72.6 cm³/mol. The zero-order valence-electron chi connectivity index (χ0n) is 10.1. The average Bonchev–Trinajstić information content (AvgIpc) is 2.46. The lowest BCUT2D eigenvalue weighted by Crippen LogP contribution is -2.13. The largest absolute Gasteiger partial charge is 0.364 e. The lowest BCUT2D eigenvalue weighted by atomic mass is 10.1. The number of amides is 1. The molecule has 0 fully saturated rings. The summed E-state index contributed by atoms with van der Waals surface area (Å²) < 4.78 is 0. The number of carbonyl (C=O) groups is 2. The van der Waals surface area contributed by atoms with E-state index in [1.807, 2.05) is 6.07 Å². The molecule has 1 aromatic carbocycles. The maximum atomic E-state index is 11.8. The number of allylic oxidation sites excluding steroid dienone is 1. The first-order chi connectivity index (χ1) is 9.16. The number of nitrogens with zero attached hydrogens (tertiary/aromatic N) is 1. The Balaban J connectivity index is 2.17. The molecule has 4 heteroatoms. The molecule has 2 rings (SSSR count). The van der Waals surface area contributed by atoms with Crippen LogP contribution in [-0.2, 0) is 0 Å². The van der Waals surface area contributed by atoms with Crippen molar-refractivity contribution in [2.24, 2.45) is 5.73 Å². The van der Waals surface area contributed by atoms with E-state index in [0.29, 0.717) is 11.3 Å². The summed E-state index contributed by atoms with van der Waals surface area (Å²) in [5.74, 6) is -0.712.